The van der Waals surface area contributed by atoms with E-state index < -0.39 is 13.7 Å². The first-order valence-electron chi connectivity index (χ1n) is 13.7. The molecular weight excluding hydrogens is 474 g/mol. The Morgan fingerprint density at radius 1 is 0.919 bits per heavy atom. The van der Waals surface area contributed by atoms with E-state index in [1.165, 1.54) is 27.4 Å². The number of amides is 1. The number of piperidine rings is 2. The zero-order valence-electron chi connectivity index (χ0n) is 22.1. The summed E-state index contributed by atoms with van der Waals surface area (Å²) in [6.07, 6.45) is 3.83. The van der Waals surface area contributed by atoms with Gasteiger partial charge in [-0.3, -0.25) is 0 Å². The van der Waals surface area contributed by atoms with Gasteiger partial charge in [-0.25, -0.2) is 4.79 Å². The van der Waals surface area contributed by atoms with Crippen molar-refractivity contribution in [3.63, 3.8) is 0 Å². The lowest BCUT2D eigenvalue weighted by Crippen LogP contribution is -2.59. The molecule has 2 fully saturated rings. The van der Waals surface area contributed by atoms with Gasteiger partial charge >= 0.3 is 6.09 Å². The van der Waals surface area contributed by atoms with Crippen LogP contribution in [0.25, 0.3) is 11.1 Å². The van der Waals surface area contributed by atoms with Gasteiger partial charge in [0.1, 0.15) is 6.61 Å². The number of hydrogen-bond donors (Lipinski definition) is 1. The van der Waals surface area contributed by atoms with Gasteiger partial charge in [0.25, 0.3) is 0 Å². The smallest absolute Gasteiger partial charge is 0.410 e. The van der Waals surface area contributed by atoms with E-state index in [4.69, 9.17) is 4.74 Å². The van der Waals surface area contributed by atoms with Crippen LogP contribution in [-0.2, 0) is 10.3 Å². The highest BCUT2D eigenvalue weighted by molar-refractivity contribution is 6.88. The monoisotopic (exact) mass is 511 g/mol. The Hall–Kier alpha value is -2.89. The molecule has 3 aromatic carbocycles. The molecule has 2 bridgehead atoms. The predicted octanol–water partition coefficient (Wildman–Crippen LogP) is 6.39. The Morgan fingerprint density at radius 2 is 1.51 bits per heavy atom. The van der Waals surface area contributed by atoms with E-state index in [2.05, 4.69) is 92.4 Å². The van der Waals surface area contributed by atoms with Crippen LogP contribution in [0.2, 0.25) is 19.6 Å². The Labute approximate surface area is 221 Å². The number of fused-ring (bicyclic) bond motifs is 5. The van der Waals surface area contributed by atoms with Crippen LogP contribution in [0.3, 0.4) is 0 Å². The molecule has 0 saturated carbocycles. The third-order valence-electron chi connectivity index (χ3n) is 8.82. The van der Waals surface area contributed by atoms with Crippen LogP contribution in [0, 0.1) is 0 Å². The molecule has 2 heterocycles. The van der Waals surface area contributed by atoms with E-state index in [0.29, 0.717) is 19.4 Å². The Morgan fingerprint density at radius 3 is 2.11 bits per heavy atom. The summed E-state index contributed by atoms with van der Waals surface area (Å²) in [4.78, 5) is 15.5. The second-order valence-corrected chi connectivity index (χ2v) is 17.3. The van der Waals surface area contributed by atoms with Crippen LogP contribution < -0.4 is 5.19 Å². The minimum atomic E-state index is -1.49. The van der Waals surface area contributed by atoms with Gasteiger partial charge in [0.2, 0.25) is 0 Å². The molecule has 37 heavy (non-hydrogen) atoms. The van der Waals surface area contributed by atoms with Gasteiger partial charge in [0, 0.05) is 30.8 Å². The highest BCUT2D eigenvalue weighted by Crippen LogP contribution is 2.46. The number of benzene rings is 3. The van der Waals surface area contributed by atoms with Gasteiger partial charge < -0.3 is 14.7 Å². The van der Waals surface area contributed by atoms with Crippen LogP contribution in [0.15, 0.2) is 72.8 Å². The molecule has 0 aromatic heterocycles. The second-order valence-electron chi connectivity index (χ2n) is 12.2. The Bertz CT molecular complexity index is 1270. The SMILES string of the molecule is C[Si](C)(C)c1cccc(C2(O)CC3CCCC(C2)N3C(=O)OCC2c3ccccc3-c3ccccc32)c1. The summed E-state index contributed by atoms with van der Waals surface area (Å²) in [5, 5.41) is 13.3. The lowest BCUT2D eigenvalue weighted by atomic mass is 9.72. The van der Waals surface area contributed by atoms with Crippen molar-refractivity contribution in [2.45, 2.75) is 75.3 Å². The number of rotatable bonds is 4. The number of nitrogens with zero attached hydrogens (tertiary/aromatic N) is 1. The van der Waals surface area contributed by atoms with E-state index in [1.807, 2.05) is 4.90 Å². The van der Waals surface area contributed by atoms with Gasteiger partial charge in [-0.05, 0) is 47.1 Å². The summed E-state index contributed by atoms with van der Waals surface area (Å²) in [6.45, 7) is 7.35. The van der Waals surface area contributed by atoms with E-state index in [9.17, 15) is 9.90 Å². The molecule has 0 spiro atoms. The Balaban J connectivity index is 1.20. The molecule has 1 aliphatic carbocycles. The van der Waals surface area contributed by atoms with Crippen LogP contribution in [0.5, 0.6) is 0 Å². The average molecular weight is 512 g/mol. The summed E-state index contributed by atoms with van der Waals surface area (Å²) in [6, 6.07) is 25.5. The molecule has 0 radical (unpaired) electrons. The third kappa shape index (κ3) is 4.32. The van der Waals surface area contributed by atoms with Gasteiger partial charge in [-0.15, -0.1) is 0 Å². The fourth-order valence-corrected chi connectivity index (χ4v) is 8.09. The lowest BCUT2D eigenvalue weighted by Gasteiger charge is -2.51. The van der Waals surface area contributed by atoms with Crippen molar-refractivity contribution in [3.8, 4) is 11.1 Å². The fourth-order valence-electron chi connectivity index (χ4n) is 6.91. The minimum absolute atomic E-state index is 0.00342. The highest BCUT2D eigenvalue weighted by atomic mass is 28.3. The zero-order valence-corrected chi connectivity index (χ0v) is 23.1. The topological polar surface area (TPSA) is 49.8 Å². The number of aliphatic hydroxyl groups is 1. The molecule has 1 amide bonds. The maximum atomic E-state index is 13.6. The van der Waals surface area contributed by atoms with Crippen molar-refractivity contribution < 1.29 is 14.6 Å². The molecule has 2 atom stereocenters. The van der Waals surface area contributed by atoms with E-state index in [0.717, 1.165) is 24.8 Å². The molecule has 192 valence electrons. The third-order valence-corrected chi connectivity index (χ3v) is 10.9. The highest BCUT2D eigenvalue weighted by Gasteiger charge is 2.49. The molecular formula is C32H37NO3Si. The first kappa shape index (κ1) is 24.4. The van der Waals surface area contributed by atoms with Gasteiger partial charge in [0.15, 0.2) is 0 Å². The van der Waals surface area contributed by atoms with Crippen molar-refractivity contribution in [1.82, 2.24) is 4.90 Å². The molecule has 4 nitrogen and oxygen atoms in total. The Kier molecular flexibility index (Phi) is 6.04. The number of ether oxygens (including phenoxy) is 1. The summed E-state index contributed by atoms with van der Waals surface area (Å²) in [5.41, 5.74) is 5.04. The molecule has 3 aromatic rings. The van der Waals surface area contributed by atoms with Gasteiger partial charge in [0.05, 0.1) is 13.7 Å². The van der Waals surface area contributed by atoms with Crippen LogP contribution >= 0.6 is 0 Å². The van der Waals surface area contributed by atoms with Gasteiger partial charge in [-0.1, -0.05) is 97.6 Å². The quantitative estimate of drug-likeness (QED) is 0.413. The van der Waals surface area contributed by atoms with Crippen molar-refractivity contribution in [2.75, 3.05) is 6.61 Å². The van der Waals surface area contributed by atoms with Crippen molar-refractivity contribution in [1.29, 1.82) is 0 Å². The minimum Gasteiger partial charge on any atom is -0.448 e. The number of carbonyl (C=O) groups is 1. The molecule has 1 N–H and O–H groups in total. The maximum Gasteiger partial charge on any atom is 0.410 e. The van der Waals surface area contributed by atoms with E-state index in [-0.39, 0.29) is 24.1 Å². The maximum absolute atomic E-state index is 13.6. The molecule has 2 aliphatic heterocycles. The second kappa shape index (κ2) is 9.14. The summed E-state index contributed by atoms with van der Waals surface area (Å²) in [5.74, 6) is 0.0576. The molecule has 2 saturated heterocycles. The normalized spacial score (nSPS) is 24.9. The first-order valence-corrected chi connectivity index (χ1v) is 17.2. The van der Waals surface area contributed by atoms with Crippen LogP contribution in [-0.4, -0.2) is 42.9 Å². The number of hydrogen-bond acceptors (Lipinski definition) is 3. The number of carbonyl (C=O) groups excluding carboxylic acids is 1. The van der Waals surface area contributed by atoms with Gasteiger partial charge in [-0.2, -0.15) is 0 Å². The molecule has 5 heteroatoms. The standard InChI is InChI=1S/C32H37NO3Si/c1-37(2,3)25-13-8-10-22(18-25)32(35)19-23-11-9-12-24(20-32)33(23)31(34)36-21-30-28-16-6-4-14-26(28)27-15-5-7-17-29(27)30/h4-8,10,13-18,23-24,30,35H,9,11-12,19-21H2,1-3H3. The van der Waals surface area contributed by atoms with Crippen molar-refractivity contribution >= 4 is 19.4 Å². The van der Waals surface area contributed by atoms with E-state index in [1.54, 1.807) is 0 Å². The lowest BCUT2D eigenvalue weighted by molar-refractivity contribution is -0.0890. The summed E-state index contributed by atoms with van der Waals surface area (Å²) in [7, 11) is -1.49. The van der Waals surface area contributed by atoms with Crippen LogP contribution in [0.1, 0.15) is 54.7 Å². The average Bonchev–Trinajstić information content (AvgIpc) is 3.20. The zero-order chi connectivity index (χ0) is 25.8. The largest absolute Gasteiger partial charge is 0.448 e. The first-order chi connectivity index (χ1) is 17.7. The molecule has 3 aliphatic rings. The summed E-state index contributed by atoms with van der Waals surface area (Å²) >= 11 is 0. The molecule has 2 unspecified atom stereocenters. The van der Waals surface area contributed by atoms with Crippen LogP contribution in [0.4, 0.5) is 4.79 Å². The van der Waals surface area contributed by atoms with E-state index >= 15 is 0 Å². The summed E-state index contributed by atoms with van der Waals surface area (Å²) < 4.78 is 6.06. The fraction of sp³-hybridized carbons (Fsp3) is 0.406. The van der Waals surface area contributed by atoms with Crippen molar-refractivity contribution in [2.24, 2.45) is 0 Å². The predicted molar refractivity (Wildman–Crippen MR) is 151 cm³/mol. The van der Waals surface area contributed by atoms with Crippen molar-refractivity contribution in [3.05, 3.63) is 89.5 Å². The molecule has 6 rings (SSSR count).